The van der Waals surface area contributed by atoms with E-state index in [9.17, 15) is 19.5 Å². The van der Waals surface area contributed by atoms with Gasteiger partial charge in [-0.15, -0.1) is 0 Å². The van der Waals surface area contributed by atoms with Crippen molar-refractivity contribution in [1.29, 1.82) is 0 Å². The maximum absolute atomic E-state index is 13.3. The van der Waals surface area contributed by atoms with Gasteiger partial charge in [0.05, 0.1) is 6.04 Å². The van der Waals surface area contributed by atoms with E-state index in [-0.39, 0.29) is 11.7 Å². The van der Waals surface area contributed by atoms with Crippen LogP contribution < -0.4 is 10.2 Å². The number of fused-ring (bicyclic) bond motifs is 1. The Hall–Kier alpha value is -3.35. The van der Waals surface area contributed by atoms with Crippen LogP contribution in [-0.4, -0.2) is 47.9 Å². The summed E-state index contributed by atoms with van der Waals surface area (Å²) in [5.74, 6) is -1.93. The first kappa shape index (κ1) is 20.9. The maximum Gasteiger partial charge on any atom is 0.326 e. The molecule has 0 bridgehead atoms. The summed E-state index contributed by atoms with van der Waals surface area (Å²) < 4.78 is 0. The van der Waals surface area contributed by atoms with E-state index in [1.54, 1.807) is 12.1 Å². The van der Waals surface area contributed by atoms with Crippen LogP contribution in [0.1, 0.15) is 30.0 Å². The molecule has 1 saturated heterocycles. The number of benzene rings is 2. The van der Waals surface area contributed by atoms with Crippen LogP contribution >= 0.6 is 0 Å². The van der Waals surface area contributed by atoms with Gasteiger partial charge in [0, 0.05) is 43.7 Å². The molecule has 31 heavy (non-hydrogen) atoms. The van der Waals surface area contributed by atoms with Crippen molar-refractivity contribution < 1.29 is 19.5 Å². The first-order chi connectivity index (χ1) is 14.8. The van der Waals surface area contributed by atoms with Crippen LogP contribution in [0.5, 0.6) is 0 Å². The lowest BCUT2D eigenvalue weighted by Crippen LogP contribution is -2.46. The number of likely N-dealkylation sites (tertiary alicyclic amines) is 1. The number of hydrogen-bond acceptors (Lipinski definition) is 4. The van der Waals surface area contributed by atoms with Gasteiger partial charge in [-0.05, 0) is 43.2 Å². The average molecular weight is 421 g/mol. The standard InChI is InChI=1S/C24H27N3O4/c1-14-4-8-16(9-5-14)25-24(31)27-21(15-6-10-17(11-7-15)26(2)3)20-18(12-13-19(20)28)22(27)23(29)30/h4-11,18,20-22H,12-13H2,1-3H3,(H,25,31)(H,29,30). The number of nitrogens with one attached hydrogen (secondary N) is 1. The fourth-order valence-electron chi connectivity index (χ4n) is 4.93. The topological polar surface area (TPSA) is 90.0 Å². The third kappa shape index (κ3) is 3.76. The van der Waals surface area contributed by atoms with Crippen LogP contribution in [0.15, 0.2) is 48.5 Å². The minimum Gasteiger partial charge on any atom is -0.480 e. The number of carbonyl (C=O) groups excluding carboxylic acids is 2. The lowest BCUT2D eigenvalue weighted by Gasteiger charge is -2.31. The van der Waals surface area contributed by atoms with Crippen LogP contribution in [0.4, 0.5) is 16.2 Å². The number of carbonyl (C=O) groups is 3. The van der Waals surface area contributed by atoms with Crippen LogP contribution in [-0.2, 0) is 9.59 Å². The van der Waals surface area contributed by atoms with Gasteiger partial charge in [-0.1, -0.05) is 29.8 Å². The molecule has 2 N–H and O–H groups in total. The molecule has 4 unspecified atom stereocenters. The summed E-state index contributed by atoms with van der Waals surface area (Å²) in [5.41, 5.74) is 3.41. The minimum atomic E-state index is -1.07. The Morgan fingerprint density at radius 3 is 2.29 bits per heavy atom. The van der Waals surface area contributed by atoms with Crippen molar-refractivity contribution in [3.8, 4) is 0 Å². The van der Waals surface area contributed by atoms with Gasteiger partial charge in [0.25, 0.3) is 0 Å². The third-order valence-electron chi connectivity index (χ3n) is 6.44. The number of hydrogen-bond donors (Lipinski definition) is 2. The molecule has 162 valence electrons. The fraction of sp³-hybridized carbons (Fsp3) is 0.375. The number of aliphatic carboxylic acids is 1. The van der Waals surface area contributed by atoms with E-state index in [0.717, 1.165) is 16.8 Å². The average Bonchev–Trinajstić information content (AvgIpc) is 3.27. The number of carboxylic acid groups (broad SMARTS) is 1. The van der Waals surface area contributed by atoms with Crippen LogP contribution in [0, 0.1) is 18.8 Å². The highest BCUT2D eigenvalue weighted by Crippen LogP contribution is 2.51. The molecule has 1 aliphatic heterocycles. The Kier molecular flexibility index (Phi) is 5.43. The molecular formula is C24H27N3O4. The Morgan fingerprint density at radius 2 is 1.71 bits per heavy atom. The minimum absolute atomic E-state index is 0.0311. The zero-order valence-electron chi connectivity index (χ0n) is 17.9. The molecule has 1 heterocycles. The largest absolute Gasteiger partial charge is 0.480 e. The maximum atomic E-state index is 13.3. The second-order valence-electron chi connectivity index (χ2n) is 8.61. The first-order valence-corrected chi connectivity index (χ1v) is 10.5. The zero-order valence-corrected chi connectivity index (χ0v) is 17.9. The normalized spacial score (nSPS) is 24.7. The van der Waals surface area contributed by atoms with Crippen molar-refractivity contribution in [2.24, 2.45) is 11.8 Å². The second kappa shape index (κ2) is 8.06. The number of ketones is 1. The van der Waals surface area contributed by atoms with Crippen LogP contribution in [0.25, 0.3) is 0 Å². The van der Waals surface area contributed by atoms with Gasteiger partial charge in [0.2, 0.25) is 0 Å². The third-order valence-corrected chi connectivity index (χ3v) is 6.44. The molecule has 2 aromatic rings. The number of amides is 2. The van der Waals surface area contributed by atoms with Crippen molar-refractivity contribution in [1.82, 2.24) is 4.90 Å². The number of aryl methyl sites for hydroxylation is 1. The Morgan fingerprint density at radius 1 is 1.06 bits per heavy atom. The molecule has 1 aliphatic carbocycles. The van der Waals surface area contributed by atoms with Gasteiger partial charge in [0.15, 0.2) is 0 Å². The van der Waals surface area contributed by atoms with Gasteiger partial charge in [-0.25, -0.2) is 9.59 Å². The molecule has 2 aromatic carbocycles. The van der Waals surface area contributed by atoms with Crippen molar-refractivity contribution >= 4 is 29.2 Å². The van der Waals surface area contributed by atoms with Crippen LogP contribution in [0.3, 0.4) is 0 Å². The highest BCUT2D eigenvalue weighted by Gasteiger charge is 2.59. The molecule has 2 fully saturated rings. The van der Waals surface area contributed by atoms with Crippen molar-refractivity contribution in [2.75, 3.05) is 24.3 Å². The molecule has 2 aliphatic rings. The van der Waals surface area contributed by atoms with E-state index in [1.807, 2.05) is 62.3 Å². The molecule has 7 heteroatoms. The van der Waals surface area contributed by atoms with E-state index in [0.29, 0.717) is 18.5 Å². The van der Waals surface area contributed by atoms with Crippen LogP contribution in [0.2, 0.25) is 0 Å². The summed E-state index contributed by atoms with van der Waals surface area (Å²) in [6.45, 7) is 1.95. The number of anilines is 2. The molecule has 4 rings (SSSR count). The van der Waals surface area contributed by atoms with Gasteiger partial charge in [-0.3, -0.25) is 4.79 Å². The summed E-state index contributed by atoms with van der Waals surface area (Å²) in [6, 6.07) is 12.8. The monoisotopic (exact) mass is 421 g/mol. The summed E-state index contributed by atoms with van der Waals surface area (Å²) in [5, 5.41) is 12.8. The van der Waals surface area contributed by atoms with E-state index in [2.05, 4.69) is 5.32 Å². The van der Waals surface area contributed by atoms with Gasteiger partial charge in [-0.2, -0.15) is 0 Å². The molecule has 7 nitrogen and oxygen atoms in total. The molecule has 0 aromatic heterocycles. The fourth-order valence-corrected chi connectivity index (χ4v) is 4.93. The number of Topliss-reactive ketones (excluding diaryl/α,β-unsaturated/α-hetero) is 1. The molecule has 1 saturated carbocycles. The lowest BCUT2D eigenvalue weighted by molar-refractivity contribution is -0.142. The van der Waals surface area contributed by atoms with Crippen molar-refractivity contribution in [3.63, 3.8) is 0 Å². The summed E-state index contributed by atoms with van der Waals surface area (Å²) in [7, 11) is 3.87. The summed E-state index contributed by atoms with van der Waals surface area (Å²) in [4.78, 5) is 41.7. The first-order valence-electron chi connectivity index (χ1n) is 10.5. The van der Waals surface area contributed by atoms with E-state index >= 15 is 0 Å². The number of urea groups is 1. The molecule has 2 amide bonds. The molecule has 4 atom stereocenters. The Labute approximate surface area is 181 Å². The second-order valence-corrected chi connectivity index (χ2v) is 8.61. The summed E-state index contributed by atoms with van der Waals surface area (Å²) >= 11 is 0. The summed E-state index contributed by atoms with van der Waals surface area (Å²) in [6.07, 6.45) is 0.847. The van der Waals surface area contributed by atoms with E-state index < -0.39 is 30.0 Å². The molecular weight excluding hydrogens is 394 g/mol. The highest BCUT2D eigenvalue weighted by atomic mass is 16.4. The smallest absolute Gasteiger partial charge is 0.326 e. The van der Waals surface area contributed by atoms with E-state index in [4.69, 9.17) is 0 Å². The quantitative estimate of drug-likeness (QED) is 0.786. The SMILES string of the molecule is Cc1ccc(NC(=O)N2C(C(=O)O)C3CCC(=O)C3C2c2ccc(N(C)C)cc2)cc1. The van der Waals surface area contributed by atoms with Gasteiger partial charge < -0.3 is 20.2 Å². The number of nitrogens with zero attached hydrogens (tertiary/aromatic N) is 2. The predicted molar refractivity (Wildman–Crippen MR) is 118 cm³/mol. The highest BCUT2D eigenvalue weighted by molar-refractivity contribution is 5.96. The predicted octanol–water partition coefficient (Wildman–Crippen LogP) is 3.70. The number of rotatable bonds is 4. The number of carboxylic acids is 1. The lowest BCUT2D eigenvalue weighted by atomic mass is 9.87. The zero-order chi connectivity index (χ0) is 22.3. The molecule has 0 radical (unpaired) electrons. The van der Waals surface area contributed by atoms with Crippen molar-refractivity contribution in [2.45, 2.75) is 31.8 Å². The van der Waals surface area contributed by atoms with E-state index in [1.165, 1.54) is 4.90 Å². The Bertz CT molecular complexity index is 1000. The van der Waals surface area contributed by atoms with Gasteiger partial charge in [0.1, 0.15) is 11.8 Å². The molecule has 0 spiro atoms. The Balaban J connectivity index is 1.73. The van der Waals surface area contributed by atoms with Gasteiger partial charge >= 0.3 is 12.0 Å². The van der Waals surface area contributed by atoms with Crippen molar-refractivity contribution in [3.05, 3.63) is 59.7 Å².